The van der Waals surface area contributed by atoms with Crippen LogP contribution in [0.3, 0.4) is 0 Å². The summed E-state index contributed by atoms with van der Waals surface area (Å²) in [7, 11) is 4.00. The molecule has 2 heterocycles. The number of hydrogen-bond acceptors (Lipinski definition) is 6. The van der Waals surface area contributed by atoms with Gasteiger partial charge in [0.2, 0.25) is 5.91 Å². The molecule has 2 aromatic heterocycles. The Morgan fingerprint density at radius 3 is 2.56 bits per heavy atom. The van der Waals surface area contributed by atoms with E-state index in [1.807, 2.05) is 91.9 Å². The zero-order valence-corrected chi connectivity index (χ0v) is 24.9. The van der Waals surface area contributed by atoms with Crippen LogP contribution in [-0.4, -0.2) is 41.5 Å². The fourth-order valence-electron chi connectivity index (χ4n) is 6.16. The van der Waals surface area contributed by atoms with E-state index in [-0.39, 0.29) is 11.9 Å². The molecule has 1 aliphatic carbocycles. The largest absolute Gasteiger partial charge is 0.489 e. The van der Waals surface area contributed by atoms with Crippen LogP contribution < -0.4 is 20.7 Å². The van der Waals surface area contributed by atoms with Crippen molar-refractivity contribution in [3.63, 3.8) is 0 Å². The van der Waals surface area contributed by atoms with Crippen molar-refractivity contribution >= 4 is 33.5 Å². The lowest BCUT2D eigenvalue weighted by atomic mass is 9.78. The fraction of sp³-hybridized carbons (Fsp3) is 0.343. The molecule has 43 heavy (non-hydrogen) atoms. The van der Waals surface area contributed by atoms with Gasteiger partial charge in [0.25, 0.3) is 0 Å². The van der Waals surface area contributed by atoms with Gasteiger partial charge in [-0.05, 0) is 79.0 Å². The average molecular weight is 577 g/mol. The summed E-state index contributed by atoms with van der Waals surface area (Å²) in [5.41, 5.74) is 10.8. The molecule has 3 aromatic carbocycles. The number of anilines is 1. The van der Waals surface area contributed by atoms with E-state index >= 15 is 0 Å². The molecule has 0 saturated heterocycles. The Balaban J connectivity index is 1.01. The quantitative estimate of drug-likeness (QED) is 0.190. The highest BCUT2D eigenvalue weighted by atomic mass is 16.5. The van der Waals surface area contributed by atoms with Gasteiger partial charge in [0.05, 0.1) is 18.0 Å². The zero-order valence-electron chi connectivity index (χ0n) is 24.9. The smallest absolute Gasteiger partial charge is 0.224 e. The third-order valence-corrected chi connectivity index (χ3v) is 8.65. The van der Waals surface area contributed by atoms with Crippen LogP contribution in [0.1, 0.15) is 48.7 Å². The van der Waals surface area contributed by atoms with E-state index < -0.39 is 0 Å². The lowest BCUT2D eigenvalue weighted by Crippen LogP contribution is -2.34. The summed E-state index contributed by atoms with van der Waals surface area (Å²) < 4.78 is 6.01. The monoisotopic (exact) mass is 576 g/mol. The summed E-state index contributed by atoms with van der Waals surface area (Å²) in [6, 6.07) is 24.0. The van der Waals surface area contributed by atoms with Crippen molar-refractivity contribution in [2.75, 3.05) is 25.5 Å². The van der Waals surface area contributed by atoms with Crippen LogP contribution >= 0.6 is 0 Å². The van der Waals surface area contributed by atoms with E-state index in [1.165, 1.54) is 0 Å². The van der Waals surface area contributed by atoms with Gasteiger partial charge < -0.3 is 25.7 Å². The van der Waals surface area contributed by atoms with Crippen LogP contribution in [0.15, 0.2) is 79.0 Å². The number of para-hydroxylation sites is 1. The first-order chi connectivity index (χ1) is 20.9. The molecule has 0 spiro atoms. The summed E-state index contributed by atoms with van der Waals surface area (Å²) in [5.74, 6) is 3.22. The molecule has 1 atom stereocenters. The number of amides is 1. The molecular weight excluding hydrogens is 536 g/mol. The number of benzene rings is 3. The summed E-state index contributed by atoms with van der Waals surface area (Å²) in [4.78, 5) is 27.9. The molecular formula is C35H40N6O2. The minimum Gasteiger partial charge on any atom is -0.489 e. The second kappa shape index (κ2) is 12.8. The molecule has 8 nitrogen and oxygen atoms in total. The van der Waals surface area contributed by atoms with Gasteiger partial charge in [0, 0.05) is 43.1 Å². The number of aromatic amines is 1. The normalized spacial score (nSPS) is 17.6. The number of nitrogens with two attached hydrogens (primary N) is 1. The fourth-order valence-corrected chi connectivity index (χ4v) is 6.16. The Bertz CT molecular complexity index is 1690. The molecule has 1 amide bonds. The molecule has 0 bridgehead atoms. The first-order valence-electron chi connectivity index (χ1n) is 15.2. The van der Waals surface area contributed by atoms with E-state index in [0.717, 1.165) is 70.2 Å². The predicted molar refractivity (Wildman–Crippen MR) is 172 cm³/mol. The van der Waals surface area contributed by atoms with Crippen molar-refractivity contribution in [1.82, 2.24) is 20.3 Å². The first-order valence-corrected chi connectivity index (χ1v) is 15.2. The van der Waals surface area contributed by atoms with E-state index in [9.17, 15) is 4.79 Å². The lowest BCUT2D eigenvalue weighted by Gasteiger charge is -2.32. The van der Waals surface area contributed by atoms with Crippen molar-refractivity contribution in [2.45, 2.75) is 44.8 Å². The first kappa shape index (κ1) is 28.7. The Labute approximate surface area is 252 Å². The number of carbonyl (C=O) groups excluding carboxylic acids is 1. The maximum atomic E-state index is 12.9. The molecule has 4 N–H and O–H groups in total. The molecule has 8 heteroatoms. The van der Waals surface area contributed by atoms with Gasteiger partial charge in [-0.25, -0.2) is 9.97 Å². The number of rotatable bonds is 10. The highest BCUT2D eigenvalue weighted by Crippen LogP contribution is 2.36. The SMILES string of the molecule is CN(C)c1nc(C(N)C2CCC(CNC(=O)Cc3c[nH]c4ccc(OCc5ccccc5)cc34)CC2)nc2ccccc12. The lowest BCUT2D eigenvalue weighted by molar-refractivity contribution is -0.120. The highest BCUT2D eigenvalue weighted by Gasteiger charge is 2.29. The van der Waals surface area contributed by atoms with Crippen LogP contribution in [0.4, 0.5) is 5.82 Å². The van der Waals surface area contributed by atoms with Crippen LogP contribution in [0.5, 0.6) is 5.75 Å². The minimum atomic E-state index is -0.206. The van der Waals surface area contributed by atoms with Crippen molar-refractivity contribution in [3.05, 3.63) is 95.9 Å². The minimum absolute atomic E-state index is 0.0381. The van der Waals surface area contributed by atoms with Gasteiger partial charge in [-0.1, -0.05) is 42.5 Å². The Morgan fingerprint density at radius 1 is 1.00 bits per heavy atom. The van der Waals surface area contributed by atoms with Crippen molar-refractivity contribution in [1.29, 1.82) is 0 Å². The summed E-state index contributed by atoms with van der Waals surface area (Å²) >= 11 is 0. The molecule has 1 saturated carbocycles. The van der Waals surface area contributed by atoms with Crippen molar-refractivity contribution in [3.8, 4) is 5.75 Å². The molecule has 222 valence electrons. The Morgan fingerprint density at radius 2 is 1.77 bits per heavy atom. The molecule has 1 aliphatic rings. The molecule has 5 aromatic rings. The maximum absolute atomic E-state index is 12.9. The second-order valence-corrected chi connectivity index (χ2v) is 11.9. The zero-order chi connectivity index (χ0) is 29.8. The van der Waals surface area contributed by atoms with E-state index in [2.05, 4.69) is 16.4 Å². The third-order valence-electron chi connectivity index (χ3n) is 8.65. The number of nitrogens with zero attached hydrogens (tertiary/aromatic N) is 3. The number of fused-ring (bicyclic) bond motifs is 2. The standard InChI is InChI=1S/C35H40N6O2/c1-41(2)35-28-10-6-7-11-31(28)39-34(40-35)33(36)25-14-12-23(13-15-25)20-38-32(42)18-26-21-37-30-17-16-27(19-29(26)30)43-22-24-8-4-3-5-9-24/h3-11,16-17,19,21,23,25,33,37H,12-15,18,20,22,36H2,1-2H3,(H,38,42). The van der Waals surface area contributed by atoms with Crippen LogP contribution in [0.25, 0.3) is 21.8 Å². The second-order valence-electron chi connectivity index (χ2n) is 11.9. The van der Waals surface area contributed by atoms with E-state index in [0.29, 0.717) is 37.2 Å². The van der Waals surface area contributed by atoms with Crippen LogP contribution in [0, 0.1) is 11.8 Å². The number of ether oxygens (including phenoxy) is 1. The number of H-pyrrole nitrogens is 1. The van der Waals surface area contributed by atoms with Gasteiger partial charge in [0.1, 0.15) is 24.0 Å². The predicted octanol–water partition coefficient (Wildman–Crippen LogP) is 5.92. The number of aromatic nitrogens is 3. The molecule has 0 radical (unpaired) electrons. The number of carbonyl (C=O) groups is 1. The molecule has 1 unspecified atom stereocenters. The van der Waals surface area contributed by atoms with E-state index in [1.54, 1.807) is 0 Å². The van der Waals surface area contributed by atoms with Crippen LogP contribution in [-0.2, 0) is 17.8 Å². The summed E-state index contributed by atoms with van der Waals surface area (Å²) in [5, 5.41) is 5.24. The molecule has 6 rings (SSSR count). The van der Waals surface area contributed by atoms with Gasteiger partial charge in [0.15, 0.2) is 0 Å². The van der Waals surface area contributed by atoms with Crippen LogP contribution in [0.2, 0.25) is 0 Å². The van der Waals surface area contributed by atoms with Gasteiger partial charge in [-0.2, -0.15) is 0 Å². The highest BCUT2D eigenvalue weighted by molar-refractivity contribution is 5.90. The Hall–Kier alpha value is -4.43. The third kappa shape index (κ3) is 6.65. The topological polar surface area (TPSA) is 109 Å². The summed E-state index contributed by atoms with van der Waals surface area (Å²) in [6.45, 7) is 1.19. The van der Waals surface area contributed by atoms with Crippen molar-refractivity contribution in [2.24, 2.45) is 17.6 Å². The van der Waals surface area contributed by atoms with Crippen molar-refractivity contribution < 1.29 is 9.53 Å². The molecule has 1 fully saturated rings. The number of hydrogen-bond donors (Lipinski definition) is 3. The summed E-state index contributed by atoms with van der Waals surface area (Å²) in [6.07, 6.45) is 6.32. The van der Waals surface area contributed by atoms with Gasteiger partial charge >= 0.3 is 0 Å². The molecule has 0 aliphatic heterocycles. The maximum Gasteiger partial charge on any atom is 0.224 e. The Kier molecular flexibility index (Phi) is 8.56. The number of nitrogens with one attached hydrogen (secondary N) is 2. The average Bonchev–Trinajstić information content (AvgIpc) is 3.44. The van der Waals surface area contributed by atoms with Gasteiger partial charge in [-0.3, -0.25) is 4.79 Å². The van der Waals surface area contributed by atoms with E-state index in [4.69, 9.17) is 20.4 Å². The van der Waals surface area contributed by atoms with Gasteiger partial charge in [-0.15, -0.1) is 0 Å².